The highest BCUT2D eigenvalue weighted by Crippen LogP contribution is 2.37. The van der Waals surface area contributed by atoms with E-state index in [0.29, 0.717) is 31.1 Å². The van der Waals surface area contributed by atoms with Crippen molar-refractivity contribution in [3.05, 3.63) is 54.1 Å². The standard InChI is InChI=1S/C21H20FN5O2/c1-13(28)24-19-11-16(7-8-23-19)20-18-12-26(14(2)29)9-10-27(18)25-21(20)15-3-5-17(22)6-4-15/h3-8,11H,9-10,12H2,1-2H3,(H,23,24,28). The van der Waals surface area contributed by atoms with Gasteiger partial charge in [0.15, 0.2) is 0 Å². The maximum atomic E-state index is 13.4. The Morgan fingerprint density at radius 1 is 1.07 bits per heavy atom. The number of nitrogens with one attached hydrogen (secondary N) is 1. The number of rotatable bonds is 3. The molecule has 1 N–H and O–H groups in total. The van der Waals surface area contributed by atoms with Gasteiger partial charge in [-0.1, -0.05) is 0 Å². The molecule has 1 aliphatic rings. The number of pyridine rings is 1. The Bertz CT molecular complexity index is 1090. The molecule has 3 aromatic rings. The molecule has 0 aliphatic carbocycles. The minimum Gasteiger partial charge on any atom is -0.335 e. The number of benzene rings is 1. The molecule has 0 unspecified atom stereocenters. The molecule has 0 bridgehead atoms. The molecular formula is C21H20FN5O2. The van der Waals surface area contributed by atoms with E-state index < -0.39 is 0 Å². The number of hydrogen-bond acceptors (Lipinski definition) is 4. The van der Waals surface area contributed by atoms with E-state index in [0.717, 1.165) is 22.4 Å². The number of aromatic nitrogens is 3. The normalized spacial score (nSPS) is 13.1. The number of halogens is 1. The van der Waals surface area contributed by atoms with E-state index in [1.807, 2.05) is 10.7 Å². The molecular weight excluding hydrogens is 373 g/mol. The number of anilines is 1. The van der Waals surface area contributed by atoms with Crippen molar-refractivity contribution in [1.29, 1.82) is 0 Å². The lowest BCUT2D eigenvalue weighted by Crippen LogP contribution is -2.37. The quantitative estimate of drug-likeness (QED) is 0.742. The van der Waals surface area contributed by atoms with Crippen molar-refractivity contribution >= 4 is 17.6 Å². The minimum atomic E-state index is -0.320. The SMILES string of the molecule is CC(=O)Nc1cc(-c2c(-c3ccc(F)cc3)nn3c2CN(C(C)=O)CC3)ccn1. The highest BCUT2D eigenvalue weighted by Gasteiger charge is 2.27. The summed E-state index contributed by atoms with van der Waals surface area (Å²) >= 11 is 0. The van der Waals surface area contributed by atoms with E-state index in [4.69, 9.17) is 5.10 Å². The largest absolute Gasteiger partial charge is 0.335 e. The average Bonchev–Trinajstić information content (AvgIpc) is 3.06. The Balaban J connectivity index is 1.88. The lowest BCUT2D eigenvalue weighted by Gasteiger charge is -2.27. The smallest absolute Gasteiger partial charge is 0.222 e. The van der Waals surface area contributed by atoms with Gasteiger partial charge in [-0.2, -0.15) is 5.10 Å². The van der Waals surface area contributed by atoms with Crippen LogP contribution in [0, 0.1) is 5.82 Å². The van der Waals surface area contributed by atoms with Crippen LogP contribution in [0.5, 0.6) is 0 Å². The van der Waals surface area contributed by atoms with Gasteiger partial charge < -0.3 is 10.2 Å². The number of hydrogen-bond donors (Lipinski definition) is 1. The van der Waals surface area contributed by atoms with Crippen molar-refractivity contribution in [3.63, 3.8) is 0 Å². The van der Waals surface area contributed by atoms with Crippen LogP contribution in [0.3, 0.4) is 0 Å². The van der Waals surface area contributed by atoms with Crippen LogP contribution in [-0.2, 0) is 22.7 Å². The molecule has 7 nitrogen and oxygen atoms in total. The summed E-state index contributed by atoms with van der Waals surface area (Å²) < 4.78 is 15.3. The molecule has 4 rings (SSSR count). The number of fused-ring (bicyclic) bond motifs is 1. The Morgan fingerprint density at radius 2 is 1.83 bits per heavy atom. The molecule has 8 heteroatoms. The molecule has 0 spiro atoms. The highest BCUT2D eigenvalue weighted by atomic mass is 19.1. The second-order valence-electron chi connectivity index (χ2n) is 6.95. The molecule has 1 aromatic carbocycles. The summed E-state index contributed by atoms with van der Waals surface area (Å²) in [5.74, 6) is -0.105. The van der Waals surface area contributed by atoms with Gasteiger partial charge in [-0.05, 0) is 42.0 Å². The Kier molecular flexibility index (Phi) is 4.84. The number of nitrogens with zero attached hydrogens (tertiary/aromatic N) is 4. The third kappa shape index (κ3) is 3.73. The van der Waals surface area contributed by atoms with Crippen LogP contribution in [0.2, 0.25) is 0 Å². The summed E-state index contributed by atoms with van der Waals surface area (Å²) in [6.07, 6.45) is 1.62. The van der Waals surface area contributed by atoms with Gasteiger partial charge in [-0.3, -0.25) is 14.3 Å². The molecule has 148 valence electrons. The first-order valence-electron chi connectivity index (χ1n) is 9.27. The van der Waals surface area contributed by atoms with Gasteiger partial charge in [-0.15, -0.1) is 0 Å². The van der Waals surface area contributed by atoms with Crippen molar-refractivity contribution in [3.8, 4) is 22.4 Å². The summed E-state index contributed by atoms with van der Waals surface area (Å²) in [6.45, 7) is 4.56. The molecule has 1 aliphatic heterocycles. The Morgan fingerprint density at radius 3 is 2.52 bits per heavy atom. The van der Waals surface area contributed by atoms with Crippen molar-refractivity contribution < 1.29 is 14.0 Å². The predicted molar refractivity (Wildman–Crippen MR) is 106 cm³/mol. The topological polar surface area (TPSA) is 80.1 Å². The van der Waals surface area contributed by atoms with E-state index in [1.165, 1.54) is 19.1 Å². The second kappa shape index (κ2) is 7.46. The third-order valence-electron chi connectivity index (χ3n) is 4.90. The molecule has 0 radical (unpaired) electrons. The molecule has 3 heterocycles. The fraction of sp³-hybridized carbons (Fsp3) is 0.238. The molecule has 0 saturated heterocycles. The summed E-state index contributed by atoms with van der Waals surface area (Å²) in [4.78, 5) is 29.3. The highest BCUT2D eigenvalue weighted by molar-refractivity contribution is 5.90. The van der Waals surface area contributed by atoms with Crippen molar-refractivity contribution in [2.45, 2.75) is 26.9 Å². The zero-order valence-electron chi connectivity index (χ0n) is 16.1. The molecule has 2 amide bonds. The predicted octanol–water partition coefficient (Wildman–Crippen LogP) is 3.07. The molecule has 2 aromatic heterocycles. The zero-order chi connectivity index (χ0) is 20.5. The second-order valence-corrected chi connectivity index (χ2v) is 6.95. The van der Waals surface area contributed by atoms with Gasteiger partial charge in [0.25, 0.3) is 0 Å². The lowest BCUT2D eigenvalue weighted by molar-refractivity contribution is -0.130. The van der Waals surface area contributed by atoms with Crippen molar-refractivity contribution in [2.75, 3.05) is 11.9 Å². The third-order valence-corrected chi connectivity index (χ3v) is 4.90. The summed E-state index contributed by atoms with van der Waals surface area (Å²) in [7, 11) is 0. The van der Waals surface area contributed by atoms with Crippen molar-refractivity contribution in [1.82, 2.24) is 19.7 Å². The van der Waals surface area contributed by atoms with Gasteiger partial charge in [0.1, 0.15) is 17.3 Å². The Hall–Kier alpha value is -3.55. The fourth-order valence-electron chi connectivity index (χ4n) is 3.53. The first-order valence-corrected chi connectivity index (χ1v) is 9.27. The van der Waals surface area contributed by atoms with Crippen LogP contribution in [0.1, 0.15) is 19.5 Å². The van der Waals surface area contributed by atoms with E-state index in [1.54, 1.807) is 36.2 Å². The van der Waals surface area contributed by atoms with E-state index in [9.17, 15) is 14.0 Å². The monoisotopic (exact) mass is 393 g/mol. The number of amides is 2. The van der Waals surface area contributed by atoms with Crippen LogP contribution in [0.4, 0.5) is 10.2 Å². The summed E-state index contributed by atoms with van der Waals surface area (Å²) in [5.41, 5.74) is 4.03. The Labute approximate surface area is 167 Å². The molecule has 0 fully saturated rings. The number of carbonyl (C=O) groups is 2. The lowest BCUT2D eigenvalue weighted by atomic mass is 9.98. The van der Waals surface area contributed by atoms with E-state index in [-0.39, 0.29) is 17.6 Å². The van der Waals surface area contributed by atoms with Crippen LogP contribution in [-0.4, -0.2) is 38.0 Å². The summed E-state index contributed by atoms with van der Waals surface area (Å²) in [5, 5.41) is 7.45. The van der Waals surface area contributed by atoms with Gasteiger partial charge in [-0.25, -0.2) is 9.37 Å². The number of carbonyl (C=O) groups excluding carboxylic acids is 2. The van der Waals surface area contributed by atoms with E-state index >= 15 is 0 Å². The van der Waals surface area contributed by atoms with Crippen molar-refractivity contribution in [2.24, 2.45) is 0 Å². The maximum absolute atomic E-state index is 13.4. The zero-order valence-corrected chi connectivity index (χ0v) is 16.1. The van der Waals surface area contributed by atoms with Gasteiger partial charge in [0, 0.05) is 37.7 Å². The maximum Gasteiger partial charge on any atom is 0.222 e. The average molecular weight is 393 g/mol. The summed E-state index contributed by atoms with van der Waals surface area (Å²) in [6, 6.07) is 9.78. The van der Waals surface area contributed by atoms with E-state index in [2.05, 4.69) is 10.3 Å². The fourth-order valence-corrected chi connectivity index (χ4v) is 3.53. The van der Waals surface area contributed by atoms with Crippen LogP contribution in [0.25, 0.3) is 22.4 Å². The minimum absolute atomic E-state index is 0.000367. The van der Waals surface area contributed by atoms with Crippen LogP contribution < -0.4 is 5.32 Å². The molecule has 0 saturated carbocycles. The van der Waals surface area contributed by atoms with Crippen LogP contribution >= 0.6 is 0 Å². The van der Waals surface area contributed by atoms with Crippen LogP contribution in [0.15, 0.2) is 42.6 Å². The molecule has 29 heavy (non-hydrogen) atoms. The molecule has 0 atom stereocenters. The first kappa shape index (κ1) is 18.8. The van der Waals surface area contributed by atoms with Gasteiger partial charge in [0.2, 0.25) is 11.8 Å². The first-order chi connectivity index (χ1) is 13.9. The van der Waals surface area contributed by atoms with Gasteiger partial charge >= 0.3 is 0 Å². The van der Waals surface area contributed by atoms with Gasteiger partial charge in [0.05, 0.1) is 18.8 Å².